The Labute approximate surface area is 229 Å². The molecule has 2 fully saturated rings. The number of anilines is 1. The molecule has 15 heteroatoms. The van der Waals surface area contributed by atoms with Crippen molar-refractivity contribution in [1.82, 2.24) is 30.2 Å². The average Bonchev–Trinajstić information content (AvgIpc) is 3.58. The second kappa shape index (κ2) is 14.2. The third kappa shape index (κ3) is 8.33. The van der Waals surface area contributed by atoms with Crippen LogP contribution in [0.25, 0.3) is 11.2 Å². The van der Waals surface area contributed by atoms with E-state index in [1.165, 1.54) is 10.9 Å². The predicted octanol–water partition coefficient (Wildman–Crippen LogP) is 1.05. The number of nitrogens with two attached hydrogens (primary N) is 1. The van der Waals surface area contributed by atoms with Crippen LogP contribution in [-0.4, -0.2) is 80.4 Å². The second-order valence-electron chi connectivity index (χ2n) is 9.49. The fourth-order valence-corrected chi connectivity index (χ4v) is 6.12. The number of imidazole rings is 1. The van der Waals surface area contributed by atoms with Gasteiger partial charge in [-0.25, -0.2) is 9.78 Å². The van der Waals surface area contributed by atoms with Gasteiger partial charge in [0, 0.05) is 23.8 Å². The van der Waals surface area contributed by atoms with Crippen molar-refractivity contribution in [3.63, 3.8) is 0 Å². The number of hydrogen-bond acceptors (Lipinski definition) is 11. The molecular weight excluding hydrogens is 530 g/mol. The standard InChI is InChI=1S/C24H35N7O7S/c25-23-29-21-20(22(34)30-23)26-13-31(21)14-36-10-11-38-18(33)7-2-1-5-9-37-17(32)8-4-3-6-16-19-15(12-39-16)27-24(35)28-19/h13,15-16,19H,1-12,14H2,(H2,27,28,35)(H3,25,29,30,34)/t15-,16-,19-/m0/s1. The van der Waals surface area contributed by atoms with Gasteiger partial charge < -0.3 is 30.6 Å². The molecule has 0 unspecified atom stereocenters. The van der Waals surface area contributed by atoms with Gasteiger partial charge in [0.2, 0.25) is 5.95 Å². The van der Waals surface area contributed by atoms with E-state index in [0.717, 1.165) is 31.4 Å². The van der Waals surface area contributed by atoms with Gasteiger partial charge in [-0.05, 0) is 32.1 Å². The number of rotatable bonds is 16. The summed E-state index contributed by atoms with van der Waals surface area (Å²) in [6.07, 6.45) is 6.86. The van der Waals surface area contributed by atoms with Crippen molar-refractivity contribution in [1.29, 1.82) is 0 Å². The van der Waals surface area contributed by atoms with Gasteiger partial charge in [0.15, 0.2) is 11.2 Å². The van der Waals surface area contributed by atoms with Crippen molar-refractivity contribution in [2.45, 2.75) is 75.4 Å². The Morgan fingerprint density at radius 1 is 1.03 bits per heavy atom. The lowest BCUT2D eigenvalue weighted by molar-refractivity contribution is -0.146. The minimum Gasteiger partial charge on any atom is -0.466 e. The molecule has 3 atom stereocenters. The largest absolute Gasteiger partial charge is 0.466 e. The zero-order valence-corrected chi connectivity index (χ0v) is 22.5. The van der Waals surface area contributed by atoms with Gasteiger partial charge in [-0.1, -0.05) is 6.42 Å². The Kier molecular flexibility index (Phi) is 10.4. The normalized spacial score (nSPS) is 20.0. The molecule has 4 heterocycles. The lowest BCUT2D eigenvalue weighted by atomic mass is 10.0. The number of amides is 2. The zero-order chi connectivity index (χ0) is 27.6. The SMILES string of the molecule is Nc1nc2c(ncn2COCCOC(=O)CCCCCOC(=O)CCCC[C@@H]2SC[C@@H]3NC(=O)N[C@@H]32)c(=O)[nH]1. The van der Waals surface area contributed by atoms with Gasteiger partial charge in [0.05, 0.1) is 31.6 Å². The number of unbranched alkanes of at least 4 members (excludes halogenated alkanes) is 3. The number of esters is 2. The monoisotopic (exact) mass is 565 g/mol. The summed E-state index contributed by atoms with van der Waals surface area (Å²) < 4.78 is 17.4. The van der Waals surface area contributed by atoms with Crippen LogP contribution in [0.2, 0.25) is 0 Å². The Morgan fingerprint density at radius 3 is 2.62 bits per heavy atom. The number of ether oxygens (including phenoxy) is 3. The molecule has 0 aromatic carbocycles. The van der Waals surface area contributed by atoms with Gasteiger partial charge in [0.1, 0.15) is 13.3 Å². The minimum absolute atomic E-state index is 0.00967. The highest BCUT2D eigenvalue weighted by Crippen LogP contribution is 2.33. The van der Waals surface area contributed by atoms with Crippen molar-refractivity contribution in [3.05, 3.63) is 16.7 Å². The van der Waals surface area contributed by atoms with E-state index >= 15 is 0 Å². The number of urea groups is 1. The molecule has 2 amide bonds. The first-order chi connectivity index (χ1) is 18.9. The lowest BCUT2D eigenvalue weighted by Gasteiger charge is -2.16. The highest BCUT2D eigenvalue weighted by atomic mass is 32.2. The molecule has 2 saturated heterocycles. The highest BCUT2D eigenvalue weighted by molar-refractivity contribution is 8.00. The van der Waals surface area contributed by atoms with Crippen LogP contribution >= 0.6 is 11.8 Å². The van der Waals surface area contributed by atoms with Crippen molar-refractivity contribution in [2.24, 2.45) is 0 Å². The summed E-state index contributed by atoms with van der Waals surface area (Å²) in [4.78, 5) is 57.4. The van der Waals surface area contributed by atoms with Crippen molar-refractivity contribution in [2.75, 3.05) is 31.3 Å². The lowest BCUT2D eigenvalue weighted by Crippen LogP contribution is -2.36. The van der Waals surface area contributed by atoms with Gasteiger partial charge in [-0.3, -0.25) is 23.9 Å². The Morgan fingerprint density at radius 2 is 1.79 bits per heavy atom. The van der Waals surface area contributed by atoms with E-state index in [1.807, 2.05) is 11.8 Å². The van der Waals surface area contributed by atoms with Crippen LogP contribution in [0.4, 0.5) is 10.7 Å². The fourth-order valence-electron chi connectivity index (χ4n) is 4.58. The third-order valence-corrected chi connectivity index (χ3v) is 8.07. The molecule has 0 saturated carbocycles. The number of hydrogen-bond donors (Lipinski definition) is 4. The van der Waals surface area contributed by atoms with Crippen molar-refractivity contribution >= 4 is 46.8 Å². The first-order valence-electron chi connectivity index (χ1n) is 13.2. The van der Waals surface area contributed by atoms with Crippen LogP contribution in [0.1, 0.15) is 51.4 Å². The van der Waals surface area contributed by atoms with Crippen LogP contribution in [0, 0.1) is 0 Å². The number of H-pyrrole nitrogens is 1. The van der Waals surface area contributed by atoms with Crippen LogP contribution in [0.5, 0.6) is 0 Å². The number of aromatic amines is 1. The summed E-state index contributed by atoms with van der Waals surface area (Å²) >= 11 is 1.87. The van der Waals surface area contributed by atoms with Crippen LogP contribution in [-0.2, 0) is 30.5 Å². The molecule has 2 aromatic rings. The van der Waals surface area contributed by atoms with Gasteiger partial charge in [-0.2, -0.15) is 16.7 Å². The van der Waals surface area contributed by atoms with Crippen LogP contribution in [0.3, 0.4) is 0 Å². The summed E-state index contributed by atoms with van der Waals surface area (Å²) in [5.41, 5.74) is 5.62. The molecule has 14 nitrogen and oxygen atoms in total. The quantitative estimate of drug-likeness (QED) is 0.129. The molecule has 2 aliphatic heterocycles. The van der Waals surface area contributed by atoms with Gasteiger partial charge in [-0.15, -0.1) is 0 Å². The molecule has 5 N–H and O–H groups in total. The first-order valence-corrected chi connectivity index (χ1v) is 14.2. The second-order valence-corrected chi connectivity index (χ2v) is 10.8. The summed E-state index contributed by atoms with van der Waals surface area (Å²) in [5.74, 6) is 0.415. The average molecular weight is 566 g/mol. The van der Waals surface area contributed by atoms with Crippen LogP contribution < -0.4 is 21.9 Å². The molecule has 2 aromatic heterocycles. The van der Waals surface area contributed by atoms with Gasteiger partial charge in [0.25, 0.3) is 5.56 Å². The Bertz CT molecular complexity index is 1200. The van der Waals surface area contributed by atoms with E-state index < -0.39 is 5.56 Å². The van der Waals surface area contributed by atoms with Crippen molar-refractivity contribution in [3.8, 4) is 0 Å². The number of aromatic nitrogens is 4. The highest BCUT2D eigenvalue weighted by Gasteiger charge is 2.42. The maximum atomic E-state index is 11.9. The van der Waals surface area contributed by atoms with E-state index in [9.17, 15) is 19.2 Å². The number of fused-ring (bicyclic) bond motifs is 2. The molecule has 0 spiro atoms. The smallest absolute Gasteiger partial charge is 0.315 e. The number of carbonyl (C=O) groups excluding carboxylic acids is 3. The molecule has 214 valence electrons. The zero-order valence-electron chi connectivity index (χ0n) is 21.7. The summed E-state index contributed by atoms with van der Waals surface area (Å²) in [5, 5.41) is 6.31. The number of nitrogens with zero attached hydrogens (tertiary/aromatic N) is 3. The number of nitrogens with one attached hydrogen (secondary N) is 3. The maximum absolute atomic E-state index is 11.9. The molecule has 0 aliphatic carbocycles. The van der Waals surface area contributed by atoms with Crippen molar-refractivity contribution < 1.29 is 28.6 Å². The van der Waals surface area contributed by atoms with E-state index in [2.05, 4.69) is 25.6 Å². The molecular formula is C24H35N7O7S. The van der Waals surface area contributed by atoms with E-state index in [-0.39, 0.29) is 67.9 Å². The first kappa shape index (κ1) is 28.7. The van der Waals surface area contributed by atoms with E-state index in [1.54, 1.807) is 0 Å². The summed E-state index contributed by atoms with van der Waals surface area (Å²) in [6, 6.07) is 0.340. The molecule has 2 aliphatic rings. The maximum Gasteiger partial charge on any atom is 0.315 e. The Hall–Kier alpha value is -3.33. The molecule has 4 rings (SSSR count). The number of nitrogen functional groups attached to an aromatic ring is 1. The molecule has 39 heavy (non-hydrogen) atoms. The van der Waals surface area contributed by atoms with E-state index in [4.69, 9.17) is 19.9 Å². The minimum atomic E-state index is -0.424. The number of carbonyl (C=O) groups is 3. The summed E-state index contributed by atoms with van der Waals surface area (Å²) in [6.45, 7) is 0.706. The third-order valence-electron chi connectivity index (χ3n) is 6.56. The predicted molar refractivity (Wildman–Crippen MR) is 143 cm³/mol. The van der Waals surface area contributed by atoms with E-state index in [0.29, 0.717) is 36.8 Å². The van der Waals surface area contributed by atoms with Gasteiger partial charge >= 0.3 is 18.0 Å². The molecule has 0 radical (unpaired) electrons. The summed E-state index contributed by atoms with van der Waals surface area (Å²) in [7, 11) is 0. The molecule has 0 bridgehead atoms. The van der Waals surface area contributed by atoms with Crippen LogP contribution in [0.15, 0.2) is 11.1 Å². The fraction of sp³-hybridized carbons (Fsp3) is 0.667. The number of thioether (sulfide) groups is 1. The Balaban J connectivity index is 0.951. The topological polar surface area (TPSA) is 193 Å².